The number of benzene rings is 1. The molecule has 0 aliphatic heterocycles. The molecule has 0 unspecified atom stereocenters. The zero-order valence-corrected chi connectivity index (χ0v) is 12.8. The van der Waals surface area contributed by atoms with Crippen LogP contribution in [0, 0.1) is 0 Å². The molecule has 104 valence electrons. The van der Waals surface area contributed by atoms with Crippen LogP contribution in [-0.2, 0) is 7.05 Å². The summed E-state index contributed by atoms with van der Waals surface area (Å²) in [6.45, 7) is 0. The van der Waals surface area contributed by atoms with Gasteiger partial charge in [-0.1, -0.05) is 45.9 Å². The van der Waals surface area contributed by atoms with Crippen LogP contribution in [0.3, 0.4) is 0 Å². The van der Waals surface area contributed by atoms with Crippen LogP contribution >= 0.6 is 27.7 Å². The van der Waals surface area contributed by atoms with Gasteiger partial charge in [-0.25, -0.2) is 0 Å². The number of nitrogens with zero attached hydrogens (tertiary/aromatic N) is 2. The van der Waals surface area contributed by atoms with Gasteiger partial charge in [0.2, 0.25) is 0 Å². The van der Waals surface area contributed by atoms with Crippen molar-refractivity contribution < 1.29 is 4.79 Å². The zero-order valence-electron chi connectivity index (χ0n) is 10.4. The lowest BCUT2D eigenvalue weighted by Crippen LogP contribution is -2.34. The van der Waals surface area contributed by atoms with E-state index in [-0.39, 0.29) is 16.7 Å². The number of hydrogen-bond donors (Lipinski definition) is 1. The van der Waals surface area contributed by atoms with Crippen molar-refractivity contribution in [2.75, 3.05) is 5.75 Å². The molecule has 0 saturated heterocycles. The molecule has 0 atom stereocenters. The van der Waals surface area contributed by atoms with Gasteiger partial charge in [0.05, 0.1) is 5.75 Å². The number of nitrogens with one attached hydrogen (secondary N) is 1. The van der Waals surface area contributed by atoms with E-state index in [2.05, 4.69) is 26.0 Å². The third-order valence-electron chi connectivity index (χ3n) is 2.45. The van der Waals surface area contributed by atoms with Crippen LogP contribution in [0.1, 0.15) is 10.4 Å². The molecule has 0 fully saturated rings. The van der Waals surface area contributed by atoms with E-state index in [4.69, 9.17) is 0 Å². The van der Waals surface area contributed by atoms with Gasteiger partial charge in [-0.2, -0.15) is 4.98 Å². The zero-order chi connectivity index (χ0) is 14.7. The van der Waals surface area contributed by atoms with Crippen LogP contribution in [-0.4, -0.2) is 26.3 Å². The molecule has 1 heterocycles. The highest BCUT2D eigenvalue weighted by Crippen LogP contribution is 2.20. The first-order valence-electron chi connectivity index (χ1n) is 5.57. The van der Waals surface area contributed by atoms with Crippen LogP contribution in [0.5, 0.6) is 0 Å². The second-order valence-corrected chi connectivity index (χ2v) is 5.69. The predicted molar refractivity (Wildman–Crippen MR) is 79.3 cm³/mol. The normalized spacial score (nSPS) is 10.5. The van der Waals surface area contributed by atoms with E-state index in [1.807, 2.05) is 6.07 Å². The highest BCUT2D eigenvalue weighted by molar-refractivity contribution is 9.10. The lowest BCUT2D eigenvalue weighted by molar-refractivity contribution is 0.102. The molecular formula is C12H10BrN3O3S. The summed E-state index contributed by atoms with van der Waals surface area (Å²) in [5.41, 5.74) is -1.08. The first kappa shape index (κ1) is 14.7. The highest BCUT2D eigenvalue weighted by Gasteiger charge is 2.12. The number of carbonyl (C=O) groups is 1. The summed E-state index contributed by atoms with van der Waals surface area (Å²) < 4.78 is 2.04. The smallest absolute Gasteiger partial charge is 0.293 e. The number of aryl methyl sites for hydroxylation is 1. The Kier molecular flexibility index (Phi) is 4.56. The van der Waals surface area contributed by atoms with Crippen LogP contribution in [0.4, 0.5) is 0 Å². The summed E-state index contributed by atoms with van der Waals surface area (Å²) in [5, 5.41) is 2.61. The van der Waals surface area contributed by atoms with Gasteiger partial charge in [0.25, 0.3) is 0 Å². The molecular weight excluding hydrogens is 346 g/mol. The molecule has 1 N–H and O–H groups in total. The molecule has 1 aromatic carbocycles. The molecule has 0 radical (unpaired) electrons. The maximum absolute atomic E-state index is 12.1. The Hall–Kier alpha value is -1.67. The van der Waals surface area contributed by atoms with Crippen molar-refractivity contribution >= 4 is 33.5 Å². The molecule has 0 aliphatic carbocycles. The van der Waals surface area contributed by atoms with Crippen LogP contribution in [0.25, 0.3) is 0 Å². The molecule has 0 bridgehead atoms. The van der Waals surface area contributed by atoms with Crippen LogP contribution in [0.2, 0.25) is 0 Å². The largest absolute Gasteiger partial charge is 0.339 e. The Morgan fingerprint density at radius 1 is 1.40 bits per heavy atom. The standard InChI is InChI=1S/C12H10BrN3O3S/c1-16-12(14-10(18)11(19)15-16)20-6-9(17)7-4-2-3-5-8(7)13/h2-5H,6H2,1H3,(H,15,19). The Balaban J connectivity index is 2.16. The average Bonchev–Trinajstić information content (AvgIpc) is 2.41. The van der Waals surface area contributed by atoms with Gasteiger partial charge in [-0.05, 0) is 6.07 Å². The van der Waals surface area contributed by atoms with E-state index in [0.717, 1.165) is 11.8 Å². The summed E-state index contributed by atoms with van der Waals surface area (Å²) in [7, 11) is 1.55. The molecule has 8 heteroatoms. The first-order valence-corrected chi connectivity index (χ1v) is 7.35. The number of halogens is 1. The topological polar surface area (TPSA) is 84.8 Å². The molecule has 0 amide bonds. The van der Waals surface area contributed by atoms with Gasteiger partial charge in [0, 0.05) is 17.1 Å². The van der Waals surface area contributed by atoms with Crippen molar-refractivity contribution in [3.63, 3.8) is 0 Å². The Labute approximate surface area is 126 Å². The van der Waals surface area contributed by atoms with Gasteiger partial charge >= 0.3 is 11.1 Å². The molecule has 0 saturated carbocycles. The van der Waals surface area contributed by atoms with E-state index in [0.29, 0.717) is 10.0 Å². The lowest BCUT2D eigenvalue weighted by Gasteiger charge is -2.06. The monoisotopic (exact) mass is 355 g/mol. The number of thioether (sulfide) groups is 1. The summed E-state index contributed by atoms with van der Waals surface area (Å²) >= 11 is 4.40. The molecule has 6 nitrogen and oxygen atoms in total. The van der Waals surface area contributed by atoms with E-state index < -0.39 is 11.1 Å². The molecule has 1 aromatic heterocycles. The van der Waals surface area contributed by atoms with Crippen molar-refractivity contribution in [1.82, 2.24) is 14.8 Å². The van der Waals surface area contributed by atoms with Gasteiger partial charge in [0.1, 0.15) is 0 Å². The summed E-state index contributed by atoms with van der Waals surface area (Å²) in [6.07, 6.45) is 0. The lowest BCUT2D eigenvalue weighted by atomic mass is 10.1. The molecule has 20 heavy (non-hydrogen) atoms. The SMILES string of the molecule is Cn1[nH]c(=O)c(=O)nc1SCC(=O)c1ccccc1Br. The average molecular weight is 356 g/mol. The number of Topliss-reactive ketones (excluding diaryl/α,β-unsaturated/α-hetero) is 1. The van der Waals surface area contributed by atoms with E-state index in [1.165, 1.54) is 4.68 Å². The third-order valence-corrected chi connectivity index (χ3v) is 4.18. The summed E-state index contributed by atoms with van der Waals surface area (Å²) in [6, 6.07) is 7.09. The second-order valence-electron chi connectivity index (χ2n) is 3.89. The molecule has 0 spiro atoms. The van der Waals surface area contributed by atoms with Crippen molar-refractivity contribution in [1.29, 1.82) is 0 Å². The Morgan fingerprint density at radius 3 is 2.80 bits per heavy atom. The minimum Gasteiger partial charge on any atom is -0.293 e. The van der Waals surface area contributed by atoms with Crippen LogP contribution < -0.4 is 11.1 Å². The van der Waals surface area contributed by atoms with Crippen molar-refractivity contribution in [3.05, 3.63) is 55.0 Å². The number of carbonyl (C=O) groups excluding carboxylic acids is 1. The van der Waals surface area contributed by atoms with E-state index in [9.17, 15) is 14.4 Å². The van der Waals surface area contributed by atoms with Gasteiger partial charge in [-0.15, -0.1) is 0 Å². The predicted octanol–water partition coefficient (Wildman–Crippen LogP) is 1.21. The fourth-order valence-corrected chi connectivity index (χ4v) is 2.79. The van der Waals surface area contributed by atoms with Crippen molar-refractivity contribution in [2.24, 2.45) is 7.05 Å². The van der Waals surface area contributed by atoms with Gasteiger partial charge in [-0.3, -0.25) is 24.2 Å². The number of rotatable bonds is 4. The number of H-pyrrole nitrogens is 1. The minimum atomic E-state index is -0.862. The van der Waals surface area contributed by atoms with Crippen molar-refractivity contribution in [2.45, 2.75) is 5.16 Å². The molecule has 2 aromatic rings. The maximum Gasteiger partial charge on any atom is 0.339 e. The second kappa shape index (κ2) is 6.19. The van der Waals surface area contributed by atoms with Crippen molar-refractivity contribution in [3.8, 4) is 0 Å². The number of aromatic nitrogens is 3. The molecule has 2 rings (SSSR count). The highest BCUT2D eigenvalue weighted by atomic mass is 79.9. The Morgan fingerprint density at radius 2 is 2.10 bits per heavy atom. The Bertz CT molecular complexity index is 769. The fraction of sp³-hybridized carbons (Fsp3) is 0.167. The number of hydrogen-bond acceptors (Lipinski definition) is 5. The fourth-order valence-electron chi connectivity index (χ4n) is 1.48. The van der Waals surface area contributed by atoms with Gasteiger partial charge in [0.15, 0.2) is 10.9 Å². The van der Waals surface area contributed by atoms with E-state index >= 15 is 0 Å². The number of aromatic amines is 1. The number of ketones is 1. The van der Waals surface area contributed by atoms with E-state index in [1.54, 1.807) is 25.2 Å². The molecule has 0 aliphatic rings. The first-order chi connectivity index (χ1) is 9.49. The summed E-state index contributed by atoms with van der Waals surface area (Å²) in [4.78, 5) is 37.9. The quantitative estimate of drug-likeness (QED) is 0.506. The summed E-state index contributed by atoms with van der Waals surface area (Å²) in [5.74, 6) is 0.0255. The maximum atomic E-state index is 12.1. The third kappa shape index (κ3) is 3.26. The van der Waals surface area contributed by atoms with Gasteiger partial charge < -0.3 is 0 Å². The minimum absolute atomic E-state index is 0.0945. The van der Waals surface area contributed by atoms with Crippen LogP contribution in [0.15, 0.2) is 43.5 Å².